The summed E-state index contributed by atoms with van der Waals surface area (Å²) >= 11 is 5.77. The number of rotatable bonds is 3. The third-order valence-corrected chi connectivity index (χ3v) is 3.21. The van der Waals surface area contributed by atoms with Crippen LogP contribution >= 0.6 is 11.6 Å². The molecule has 0 heterocycles. The van der Waals surface area contributed by atoms with Gasteiger partial charge >= 0.3 is 0 Å². The maximum Gasteiger partial charge on any atom is 0.262 e. The first-order chi connectivity index (χ1) is 9.54. The first-order valence-corrected chi connectivity index (χ1v) is 6.57. The molecule has 0 spiro atoms. The fraction of sp³-hybridized carbons (Fsp3) is 0.133. The molecule has 4 nitrogen and oxygen atoms in total. The molecule has 0 aromatic heterocycles. The molecule has 104 valence electrons. The van der Waals surface area contributed by atoms with Crippen molar-refractivity contribution < 1.29 is 9.90 Å². The van der Waals surface area contributed by atoms with E-state index in [4.69, 9.17) is 17.3 Å². The van der Waals surface area contributed by atoms with E-state index in [1.807, 2.05) is 13.0 Å². The topological polar surface area (TPSA) is 66.6 Å². The zero-order valence-electron chi connectivity index (χ0n) is 11.0. The van der Waals surface area contributed by atoms with Crippen LogP contribution in [0.3, 0.4) is 0 Å². The lowest BCUT2D eigenvalue weighted by Crippen LogP contribution is -2.31. The van der Waals surface area contributed by atoms with Crippen LogP contribution in [0.1, 0.15) is 17.3 Å². The molecule has 1 amide bonds. The number of carbonyl (C=O) groups is 1. The van der Waals surface area contributed by atoms with Crippen LogP contribution in [0.5, 0.6) is 5.75 Å². The predicted octanol–water partition coefficient (Wildman–Crippen LogP) is 3.29. The number of nitrogens with two attached hydrogens (primary N) is 1. The Hall–Kier alpha value is -2.20. The monoisotopic (exact) mass is 290 g/mol. The molecule has 0 unspecified atom stereocenters. The Kier molecular flexibility index (Phi) is 4.15. The van der Waals surface area contributed by atoms with Gasteiger partial charge in [0, 0.05) is 11.6 Å². The Bertz CT molecular complexity index is 644. The molecule has 2 rings (SSSR count). The molecule has 0 fully saturated rings. The summed E-state index contributed by atoms with van der Waals surface area (Å²) in [5, 5.41) is 10.2. The van der Waals surface area contributed by atoms with Crippen molar-refractivity contribution in [3.05, 3.63) is 53.1 Å². The number of benzene rings is 2. The smallest absolute Gasteiger partial charge is 0.262 e. The molecule has 0 aliphatic rings. The van der Waals surface area contributed by atoms with Gasteiger partial charge in [-0.2, -0.15) is 0 Å². The molecule has 0 saturated carbocycles. The van der Waals surface area contributed by atoms with Gasteiger partial charge < -0.3 is 15.7 Å². The van der Waals surface area contributed by atoms with Gasteiger partial charge in [-0.3, -0.25) is 4.79 Å². The second-order valence-corrected chi connectivity index (χ2v) is 4.71. The van der Waals surface area contributed by atoms with E-state index in [1.54, 1.807) is 24.3 Å². The van der Waals surface area contributed by atoms with Gasteiger partial charge in [0.15, 0.2) is 0 Å². The molecule has 0 bridgehead atoms. The van der Waals surface area contributed by atoms with Gasteiger partial charge in [0.1, 0.15) is 5.75 Å². The second-order valence-electron chi connectivity index (χ2n) is 4.27. The Morgan fingerprint density at radius 2 is 2.00 bits per heavy atom. The second kappa shape index (κ2) is 5.84. The number of carbonyl (C=O) groups excluding carboxylic acids is 1. The van der Waals surface area contributed by atoms with E-state index in [-0.39, 0.29) is 17.2 Å². The summed E-state index contributed by atoms with van der Waals surface area (Å²) < 4.78 is 0. The summed E-state index contributed by atoms with van der Waals surface area (Å²) in [5.74, 6) is -0.463. The highest BCUT2D eigenvalue weighted by Crippen LogP contribution is 2.28. The molecule has 0 aliphatic carbocycles. The third kappa shape index (κ3) is 2.70. The highest BCUT2D eigenvalue weighted by molar-refractivity contribution is 6.31. The van der Waals surface area contributed by atoms with Crippen molar-refractivity contribution >= 4 is 28.9 Å². The van der Waals surface area contributed by atoms with Crippen LogP contribution in [0.2, 0.25) is 5.02 Å². The van der Waals surface area contributed by atoms with Crippen molar-refractivity contribution in [1.82, 2.24) is 0 Å². The van der Waals surface area contributed by atoms with Crippen molar-refractivity contribution in [3.63, 3.8) is 0 Å². The summed E-state index contributed by atoms with van der Waals surface area (Å²) in [7, 11) is 0. The third-order valence-electron chi connectivity index (χ3n) is 2.98. The highest BCUT2D eigenvalue weighted by Gasteiger charge is 2.20. The molecule has 2 aromatic carbocycles. The lowest BCUT2D eigenvalue weighted by molar-refractivity contribution is 0.0986. The van der Waals surface area contributed by atoms with Crippen molar-refractivity contribution in [2.75, 3.05) is 17.2 Å². The van der Waals surface area contributed by atoms with Crippen molar-refractivity contribution in [1.29, 1.82) is 0 Å². The number of phenolic OH excluding ortho intramolecular Hbond substituents is 1. The quantitative estimate of drug-likeness (QED) is 0.852. The average Bonchev–Trinajstić information content (AvgIpc) is 2.41. The Morgan fingerprint density at radius 3 is 2.60 bits per heavy atom. The molecule has 20 heavy (non-hydrogen) atoms. The van der Waals surface area contributed by atoms with Crippen LogP contribution in [-0.2, 0) is 0 Å². The van der Waals surface area contributed by atoms with E-state index >= 15 is 0 Å². The molecule has 5 heteroatoms. The molecule has 0 atom stereocenters. The van der Waals surface area contributed by atoms with Crippen molar-refractivity contribution in [3.8, 4) is 5.75 Å². The van der Waals surface area contributed by atoms with Crippen LogP contribution in [-0.4, -0.2) is 17.6 Å². The first kappa shape index (κ1) is 14.2. The van der Waals surface area contributed by atoms with Gasteiger partial charge in [0.25, 0.3) is 5.91 Å². The van der Waals surface area contributed by atoms with Crippen LogP contribution in [0.25, 0.3) is 0 Å². The van der Waals surface area contributed by atoms with Gasteiger partial charge in [0.2, 0.25) is 0 Å². The number of nitrogens with zero attached hydrogens (tertiary/aromatic N) is 1. The number of anilines is 2. The Labute approximate surface area is 122 Å². The van der Waals surface area contributed by atoms with E-state index in [2.05, 4.69) is 0 Å². The van der Waals surface area contributed by atoms with Crippen molar-refractivity contribution in [2.24, 2.45) is 0 Å². The van der Waals surface area contributed by atoms with Crippen LogP contribution < -0.4 is 10.6 Å². The number of hydrogen-bond acceptors (Lipinski definition) is 3. The zero-order chi connectivity index (χ0) is 14.7. The van der Waals surface area contributed by atoms with Gasteiger partial charge in [-0.25, -0.2) is 0 Å². The van der Waals surface area contributed by atoms with Gasteiger partial charge in [-0.15, -0.1) is 0 Å². The van der Waals surface area contributed by atoms with E-state index in [0.29, 0.717) is 22.9 Å². The standard InChI is InChI=1S/C15H15ClN2O2/c1-2-18(13-6-4-3-5-12(13)17)15(20)11-8-7-10(16)9-14(11)19/h3-9,19H,2,17H2,1H3. The summed E-state index contributed by atoms with van der Waals surface area (Å²) in [6.07, 6.45) is 0. The summed E-state index contributed by atoms with van der Waals surface area (Å²) in [4.78, 5) is 14.0. The predicted molar refractivity (Wildman–Crippen MR) is 81.3 cm³/mol. The van der Waals surface area contributed by atoms with Crippen LogP contribution in [0.15, 0.2) is 42.5 Å². The molecular formula is C15H15ClN2O2. The number of nitrogen functional groups attached to an aromatic ring is 1. The summed E-state index contributed by atoms with van der Waals surface area (Å²) in [6.45, 7) is 2.28. The van der Waals surface area contributed by atoms with E-state index < -0.39 is 0 Å². The number of amides is 1. The fourth-order valence-corrected chi connectivity index (χ4v) is 2.15. The highest BCUT2D eigenvalue weighted by atomic mass is 35.5. The number of hydrogen-bond donors (Lipinski definition) is 2. The molecule has 3 N–H and O–H groups in total. The normalized spacial score (nSPS) is 10.3. The maximum atomic E-state index is 12.5. The Balaban J connectivity index is 2.42. The summed E-state index contributed by atoms with van der Waals surface area (Å²) in [5.41, 5.74) is 7.22. The van der Waals surface area contributed by atoms with E-state index in [9.17, 15) is 9.90 Å². The molecular weight excluding hydrogens is 276 g/mol. The molecule has 0 saturated heterocycles. The number of halogens is 1. The minimum Gasteiger partial charge on any atom is -0.507 e. The molecule has 0 radical (unpaired) electrons. The van der Waals surface area contributed by atoms with Crippen molar-refractivity contribution in [2.45, 2.75) is 6.92 Å². The lowest BCUT2D eigenvalue weighted by Gasteiger charge is -2.23. The van der Waals surface area contributed by atoms with Crippen LogP contribution in [0.4, 0.5) is 11.4 Å². The lowest BCUT2D eigenvalue weighted by atomic mass is 10.1. The zero-order valence-corrected chi connectivity index (χ0v) is 11.8. The van der Waals surface area contributed by atoms with E-state index in [0.717, 1.165) is 0 Å². The number of para-hydroxylation sites is 2. The SMILES string of the molecule is CCN(C(=O)c1ccc(Cl)cc1O)c1ccccc1N. The average molecular weight is 291 g/mol. The summed E-state index contributed by atoms with van der Waals surface area (Å²) in [6, 6.07) is 11.5. The van der Waals surface area contributed by atoms with Crippen LogP contribution in [0, 0.1) is 0 Å². The Morgan fingerprint density at radius 1 is 1.30 bits per heavy atom. The van der Waals surface area contributed by atoms with Gasteiger partial charge in [-0.1, -0.05) is 23.7 Å². The minimum atomic E-state index is -0.320. The maximum absolute atomic E-state index is 12.5. The molecule has 2 aromatic rings. The minimum absolute atomic E-state index is 0.143. The first-order valence-electron chi connectivity index (χ1n) is 6.19. The number of phenols is 1. The van der Waals surface area contributed by atoms with Gasteiger partial charge in [-0.05, 0) is 37.3 Å². The van der Waals surface area contributed by atoms with E-state index in [1.165, 1.54) is 17.0 Å². The van der Waals surface area contributed by atoms with Gasteiger partial charge in [0.05, 0.1) is 16.9 Å². The fourth-order valence-electron chi connectivity index (χ4n) is 1.99. The molecule has 0 aliphatic heterocycles. The largest absolute Gasteiger partial charge is 0.507 e. The number of aromatic hydroxyl groups is 1.